The fourth-order valence-corrected chi connectivity index (χ4v) is 7.38. The SMILES string of the molecule is COc1ccc([C@H](Cc2c(Cl)c[nH+]cc2Cl)OC(=O)c2cccc(CNC(C(=O)O[C@H]3CN4CCC3CC4)c3ccccc3OC)c2)cc1OC. The summed E-state index contributed by atoms with van der Waals surface area (Å²) >= 11 is 13.0. The van der Waals surface area contributed by atoms with Gasteiger partial charge in [0.2, 0.25) is 0 Å². The molecule has 3 saturated heterocycles. The normalized spacial score (nSPS) is 19.1. The number of nitrogens with one attached hydrogen (secondary N) is 2. The number of hydrogen-bond donors (Lipinski definition) is 1. The number of fused-ring (bicyclic) bond motifs is 3. The quantitative estimate of drug-likeness (QED) is 0.146. The fourth-order valence-electron chi connectivity index (χ4n) is 6.85. The zero-order valence-electron chi connectivity index (χ0n) is 28.8. The molecule has 3 atom stereocenters. The van der Waals surface area contributed by atoms with Crippen molar-refractivity contribution in [3.05, 3.63) is 117 Å². The first-order chi connectivity index (χ1) is 24.8. The van der Waals surface area contributed by atoms with E-state index in [1.54, 1.807) is 64.1 Å². The third kappa shape index (κ3) is 8.59. The minimum absolute atomic E-state index is 0.144. The lowest BCUT2D eigenvalue weighted by Crippen LogP contribution is -2.52. The van der Waals surface area contributed by atoms with E-state index in [0.717, 1.165) is 38.0 Å². The first-order valence-corrected chi connectivity index (χ1v) is 17.7. The van der Waals surface area contributed by atoms with E-state index in [4.69, 9.17) is 46.9 Å². The van der Waals surface area contributed by atoms with Gasteiger partial charge in [-0.15, -0.1) is 0 Å². The van der Waals surface area contributed by atoms with E-state index in [2.05, 4.69) is 15.2 Å². The van der Waals surface area contributed by atoms with Crippen LogP contribution in [0.1, 0.15) is 57.6 Å². The number of halogens is 2. The minimum Gasteiger partial charge on any atom is -0.496 e. The number of carbonyl (C=O) groups is 2. The van der Waals surface area contributed by atoms with E-state index in [0.29, 0.717) is 55.5 Å². The third-order valence-electron chi connectivity index (χ3n) is 9.64. The predicted molar refractivity (Wildman–Crippen MR) is 192 cm³/mol. The Labute approximate surface area is 307 Å². The molecule has 3 aliphatic rings. The number of carbonyl (C=O) groups excluding carboxylic acids is 2. The molecule has 4 aromatic rings. The summed E-state index contributed by atoms with van der Waals surface area (Å²) in [6, 6.07) is 19.0. The Hall–Kier alpha value is -4.35. The zero-order chi connectivity index (χ0) is 35.9. The minimum atomic E-state index is -0.792. The van der Waals surface area contributed by atoms with Gasteiger partial charge in [-0.3, -0.25) is 10.2 Å². The second-order valence-electron chi connectivity index (χ2n) is 12.7. The number of para-hydroxylation sites is 1. The Balaban J connectivity index is 1.22. The van der Waals surface area contributed by atoms with Gasteiger partial charge in [-0.05, 0) is 73.3 Å². The molecular formula is C39H42Cl2N3O7+. The number of aromatic nitrogens is 1. The summed E-state index contributed by atoms with van der Waals surface area (Å²) in [5, 5.41) is 4.21. The standard InChI is InChI=1S/C39H41Cl2N3O7/c1-47-32-10-5-4-9-28(32)37(39(46)51-36-23-44-15-13-25(36)14-16-44)43-20-24-7-6-8-27(17-24)38(45)50-34(19-29-30(40)21-42-22-31(29)41)26-11-12-33(48-2)35(18-26)49-3/h4-12,17-18,21-22,25,34,36-37,43H,13-16,19-20,23H2,1-3H3/p+1/t34-,36-,37?/m0/s1. The number of aromatic amines is 1. The van der Waals surface area contributed by atoms with Gasteiger partial charge in [0.05, 0.1) is 26.9 Å². The molecule has 3 aromatic carbocycles. The number of nitrogens with zero attached hydrogens (tertiary/aromatic N) is 1. The lowest BCUT2D eigenvalue weighted by molar-refractivity contribution is -0.377. The first kappa shape index (κ1) is 36.4. The van der Waals surface area contributed by atoms with Crippen molar-refractivity contribution >= 4 is 35.1 Å². The largest absolute Gasteiger partial charge is 0.496 e. The number of methoxy groups -OCH3 is 3. The average molecular weight is 736 g/mol. The molecule has 268 valence electrons. The van der Waals surface area contributed by atoms with Gasteiger partial charge in [0.25, 0.3) is 0 Å². The predicted octanol–water partition coefficient (Wildman–Crippen LogP) is 6.44. The smallest absolute Gasteiger partial charge is 0.338 e. The van der Waals surface area contributed by atoms with Crippen LogP contribution in [0.2, 0.25) is 10.0 Å². The summed E-state index contributed by atoms with van der Waals surface area (Å²) in [5.41, 5.74) is 3.07. The van der Waals surface area contributed by atoms with E-state index < -0.39 is 18.1 Å². The Morgan fingerprint density at radius 1 is 0.882 bits per heavy atom. The van der Waals surface area contributed by atoms with E-state index in [1.165, 1.54) is 0 Å². The molecule has 2 bridgehead atoms. The average Bonchev–Trinajstić information content (AvgIpc) is 3.16. The van der Waals surface area contributed by atoms with Crippen molar-refractivity contribution in [1.82, 2.24) is 10.2 Å². The van der Waals surface area contributed by atoms with Gasteiger partial charge >= 0.3 is 11.9 Å². The molecule has 4 heterocycles. The molecule has 2 N–H and O–H groups in total. The maximum absolute atomic E-state index is 13.8. The number of esters is 2. The summed E-state index contributed by atoms with van der Waals surface area (Å²) < 4.78 is 28.9. The van der Waals surface area contributed by atoms with Crippen LogP contribution in [0.5, 0.6) is 17.2 Å². The van der Waals surface area contributed by atoms with E-state index in [1.807, 2.05) is 36.4 Å². The Kier molecular flexibility index (Phi) is 12.0. The maximum Gasteiger partial charge on any atom is 0.338 e. The summed E-state index contributed by atoms with van der Waals surface area (Å²) in [6.07, 6.45) is 4.60. The van der Waals surface area contributed by atoms with Crippen LogP contribution < -0.4 is 24.5 Å². The van der Waals surface area contributed by atoms with Gasteiger partial charge < -0.3 is 23.7 Å². The van der Waals surface area contributed by atoms with Gasteiger partial charge in [-0.2, -0.15) is 0 Å². The molecule has 51 heavy (non-hydrogen) atoms. The van der Waals surface area contributed by atoms with Crippen LogP contribution in [0, 0.1) is 5.92 Å². The van der Waals surface area contributed by atoms with Crippen molar-refractivity contribution in [3.8, 4) is 17.2 Å². The molecule has 12 heteroatoms. The van der Waals surface area contributed by atoms with Crippen LogP contribution in [-0.2, 0) is 27.2 Å². The number of ether oxygens (including phenoxy) is 5. The Morgan fingerprint density at radius 2 is 1.61 bits per heavy atom. The van der Waals surface area contributed by atoms with Gasteiger partial charge in [0, 0.05) is 30.6 Å². The van der Waals surface area contributed by atoms with Crippen molar-refractivity contribution in [2.24, 2.45) is 5.92 Å². The number of benzene rings is 3. The van der Waals surface area contributed by atoms with Crippen molar-refractivity contribution in [3.63, 3.8) is 0 Å². The molecule has 3 aliphatic heterocycles. The van der Waals surface area contributed by atoms with Gasteiger partial charge in [0.1, 0.15) is 34.0 Å². The molecule has 0 aliphatic carbocycles. The first-order valence-electron chi connectivity index (χ1n) is 16.9. The number of pyridine rings is 1. The fraction of sp³-hybridized carbons (Fsp3) is 0.359. The van der Waals surface area contributed by atoms with E-state index >= 15 is 0 Å². The lowest BCUT2D eigenvalue weighted by Gasteiger charge is -2.44. The highest BCUT2D eigenvalue weighted by Gasteiger charge is 2.38. The van der Waals surface area contributed by atoms with Gasteiger partial charge in [-0.25, -0.2) is 14.6 Å². The molecule has 0 amide bonds. The van der Waals surface area contributed by atoms with Crippen LogP contribution in [0.15, 0.2) is 79.1 Å². The topological polar surface area (TPSA) is 110 Å². The molecule has 3 fully saturated rings. The maximum atomic E-state index is 13.8. The monoisotopic (exact) mass is 734 g/mol. The molecule has 0 spiro atoms. The second kappa shape index (κ2) is 16.8. The highest BCUT2D eigenvalue weighted by atomic mass is 35.5. The van der Waals surface area contributed by atoms with Crippen molar-refractivity contribution in [2.75, 3.05) is 41.0 Å². The summed E-state index contributed by atoms with van der Waals surface area (Å²) in [4.78, 5) is 32.9. The molecular weight excluding hydrogens is 693 g/mol. The molecule has 0 radical (unpaired) electrons. The van der Waals surface area contributed by atoms with Gasteiger partial charge in [0.15, 0.2) is 23.9 Å². The number of piperidine rings is 3. The third-order valence-corrected chi connectivity index (χ3v) is 10.3. The second-order valence-corrected chi connectivity index (χ2v) is 13.5. The van der Waals surface area contributed by atoms with Crippen LogP contribution in [0.25, 0.3) is 0 Å². The van der Waals surface area contributed by atoms with Crippen molar-refractivity contribution in [1.29, 1.82) is 0 Å². The van der Waals surface area contributed by atoms with Crippen LogP contribution in [0.4, 0.5) is 0 Å². The summed E-state index contributed by atoms with van der Waals surface area (Å²) in [5.74, 6) is 1.07. The molecule has 0 saturated carbocycles. The highest BCUT2D eigenvalue weighted by molar-refractivity contribution is 6.35. The molecule has 10 nitrogen and oxygen atoms in total. The molecule has 1 aromatic heterocycles. The van der Waals surface area contributed by atoms with E-state index in [9.17, 15) is 9.59 Å². The zero-order valence-corrected chi connectivity index (χ0v) is 30.3. The van der Waals surface area contributed by atoms with Gasteiger partial charge in [-0.1, -0.05) is 59.6 Å². The Bertz CT molecular complexity index is 1830. The van der Waals surface area contributed by atoms with Crippen LogP contribution in [0.3, 0.4) is 0 Å². The van der Waals surface area contributed by atoms with Crippen LogP contribution >= 0.6 is 23.2 Å². The molecule has 7 rings (SSSR count). The Morgan fingerprint density at radius 3 is 2.29 bits per heavy atom. The number of hydrogen-bond acceptors (Lipinski definition) is 9. The van der Waals surface area contributed by atoms with Crippen molar-refractivity contribution in [2.45, 2.75) is 44.1 Å². The molecule has 1 unspecified atom stereocenters. The number of H-pyrrole nitrogens is 1. The number of rotatable bonds is 14. The van der Waals surface area contributed by atoms with Crippen molar-refractivity contribution < 1.29 is 38.3 Å². The van der Waals surface area contributed by atoms with Crippen LogP contribution in [-0.4, -0.2) is 63.9 Å². The lowest BCUT2D eigenvalue weighted by atomic mass is 9.86. The summed E-state index contributed by atoms with van der Waals surface area (Å²) in [7, 11) is 4.67. The highest BCUT2D eigenvalue weighted by Crippen LogP contribution is 2.36. The van der Waals surface area contributed by atoms with E-state index in [-0.39, 0.29) is 25.0 Å². The summed E-state index contributed by atoms with van der Waals surface area (Å²) in [6.45, 7) is 3.12.